The zero-order chi connectivity index (χ0) is 20.5. The lowest BCUT2D eigenvalue weighted by atomic mass is 10.0. The number of benzene rings is 2. The van der Waals surface area contributed by atoms with E-state index in [1.807, 2.05) is 65.8 Å². The zero-order valence-electron chi connectivity index (χ0n) is 17.4. The van der Waals surface area contributed by atoms with Crippen molar-refractivity contribution in [3.63, 3.8) is 0 Å². The molecule has 2 heterocycles. The lowest BCUT2D eigenvalue weighted by molar-refractivity contribution is -0.135. The zero-order valence-corrected chi connectivity index (χ0v) is 17.4. The van der Waals surface area contributed by atoms with Crippen molar-refractivity contribution in [3.8, 4) is 11.5 Å². The summed E-state index contributed by atoms with van der Waals surface area (Å²) in [4.78, 5) is 20.2. The van der Waals surface area contributed by atoms with E-state index in [-0.39, 0.29) is 18.0 Å². The van der Waals surface area contributed by atoms with Gasteiger partial charge in [-0.15, -0.1) is 0 Å². The van der Waals surface area contributed by atoms with Gasteiger partial charge >= 0.3 is 0 Å². The molecular formula is C23H27N3O3. The highest BCUT2D eigenvalue weighted by atomic mass is 16.5. The number of para-hydroxylation sites is 2. The van der Waals surface area contributed by atoms with Gasteiger partial charge in [0.25, 0.3) is 0 Å². The first-order valence-corrected chi connectivity index (χ1v) is 10.0. The number of ether oxygens (including phenoxy) is 2. The predicted octanol–water partition coefficient (Wildman–Crippen LogP) is 4.29. The minimum Gasteiger partial charge on any atom is -0.497 e. The Labute approximate surface area is 171 Å². The molecule has 0 aliphatic carbocycles. The summed E-state index contributed by atoms with van der Waals surface area (Å²) in [5.74, 6) is 2.46. The second kappa shape index (κ2) is 7.78. The second-order valence-corrected chi connectivity index (χ2v) is 7.49. The molecule has 2 aromatic carbocycles. The molecule has 0 spiro atoms. The molecule has 29 heavy (non-hydrogen) atoms. The van der Waals surface area contributed by atoms with Gasteiger partial charge < -0.3 is 18.9 Å². The van der Waals surface area contributed by atoms with Crippen molar-refractivity contribution in [2.24, 2.45) is 0 Å². The maximum absolute atomic E-state index is 13.6. The standard InChI is InChI=1S/C23H27N3O3/c1-15(26-16(2)24-19-8-5-6-9-21(19)26)23(27)25-13-7-10-20(25)18-12-11-17(28-3)14-22(18)29-4/h5-6,8-9,11-12,14-15,20H,7,10,13H2,1-4H3/t15-,20-/m0/s1. The van der Waals surface area contributed by atoms with E-state index in [0.29, 0.717) is 0 Å². The fraction of sp³-hybridized carbons (Fsp3) is 0.391. The minimum absolute atomic E-state index is 0.000831. The van der Waals surface area contributed by atoms with Crippen molar-refractivity contribution < 1.29 is 14.3 Å². The summed E-state index contributed by atoms with van der Waals surface area (Å²) in [6, 6.07) is 13.5. The Balaban J connectivity index is 1.67. The monoisotopic (exact) mass is 393 g/mol. The van der Waals surface area contributed by atoms with Crippen molar-refractivity contribution >= 4 is 16.9 Å². The van der Waals surface area contributed by atoms with Crippen LogP contribution in [0.3, 0.4) is 0 Å². The van der Waals surface area contributed by atoms with Gasteiger partial charge in [0.15, 0.2) is 0 Å². The van der Waals surface area contributed by atoms with E-state index < -0.39 is 0 Å². The number of hydrogen-bond acceptors (Lipinski definition) is 4. The maximum atomic E-state index is 13.6. The number of imidazole rings is 1. The Morgan fingerprint density at radius 3 is 2.72 bits per heavy atom. The molecule has 0 bridgehead atoms. The average molecular weight is 393 g/mol. The average Bonchev–Trinajstić information content (AvgIpc) is 3.35. The lowest BCUT2D eigenvalue weighted by Crippen LogP contribution is -2.36. The van der Waals surface area contributed by atoms with Crippen LogP contribution in [-0.4, -0.2) is 41.1 Å². The Morgan fingerprint density at radius 1 is 1.17 bits per heavy atom. The number of methoxy groups -OCH3 is 2. The molecule has 3 aromatic rings. The molecule has 0 N–H and O–H groups in total. The van der Waals surface area contributed by atoms with Crippen LogP contribution in [0.5, 0.6) is 11.5 Å². The molecule has 1 aliphatic rings. The van der Waals surface area contributed by atoms with Gasteiger partial charge in [0.1, 0.15) is 23.4 Å². The van der Waals surface area contributed by atoms with Gasteiger partial charge in [0.2, 0.25) is 5.91 Å². The van der Waals surface area contributed by atoms with Gasteiger partial charge in [-0.2, -0.15) is 0 Å². The van der Waals surface area contributed by atoms with Crippen LogP contribution < -0.4 is 9.47 Å². The summed E-state index contributed by atoms with van der Waals surface area (Å²) in [7, 11) is 3.29. The molecular weight excluding hydrogens is 366 g/mol. The number of carbonyl (C=O) groups excluding carboxylic acids is 1. The number of hydrogen-bond donors (Lipinski definition) is 0. The van der Waals surface area contributed by atoms with Crippen LogP contribution >= 0.6 is 0 Å². The largest absolute Gasteiger partial charge is 0.497 e. The topological polar surface area (TPSA) is 56.6 Å². The SMILES string of the molecule is COc1ccc([C@@H]2CCCN2C(=O)[C@H](C)n2c(C)nc3ccccc32)c(OC)c1. The molecule has 1 saturated heterocycles. The summed E-state index contributed by atoms with van der Waals surface area (Å²) < 4.78 is 13.0. The number of nitrogens with zero attached hydrogens (tertiary/aromatic N) is 3. The van der Waals surface area contributed by atoms with Gasteiger partial charge in [-0.25, -0.2) is 4.98 Å². The van der Waals surface area contributed by atoms with Gasteiger partial charge in [-0.05, 0) is 51.0 Å². The predicted molar refractivity (Wildman–Crippen MR) is 112 cm³/mol. The highest BCUT2D eigenvalue weighted by molar-refractivity contribution is 5.84. The fourth-order valence-corrected chi connectivity index (χ4v) is 4.45. The summed E-state index contributed by atoms with van der Waals surface area (Å²) in [6.07, 6.45) is 1.90. The molecule has 0 unspecified atom stereocenters. The van der Waals surface area contributed by atoms with E-state index in [9.17, 15) is 4.79 Å². The van der Waals surface area contributed by atoms with Crippen molar-refractivity contribution in [3.05, 3.63) is 53.9 Å². The first-order valence-electron chi connectivity index (χ1n) is 10.0. The number of aryl methyl sites for hydroxylation is 1. The van der Waals surface area contributed by atoms with Crippen LogP contribution in [0.4, 0.5) is 0 Å². The van der Waals surface area contributed by atoms with Crippen LogP contribution in [0.2, 0.25) is 0 Å². The van der Waals surface area contributed by atoms with Gasteiger partial charge in [-0.1, -0.05) is 12.1 Å². The number of amides is 1. The van der Waals surface area contributed by atoms with Gasteiger partial charge in [-0.3, -0.25) is 4.79 Å². The summed E-state index contributed by atoms with van der Waals surface area (Å²) in [6.45, 7) is 4.66. The number of aromatic nitrogens is 2. The van der Waals surface area contributed by atoms with Crippen molar-refractivity contribution in [2.75, 3.05) is 20.8 Å². The van der Waals surface area contributed by atoms with Crippen LogP contribution in [0, 0.1) is 6.92 Å². The third kappa shape index (κ3) is 3.33. The summed E-state index contributed by atoms with van der Waals surface area (Å²) >= 11 is 0. The molecule has 6 heteroatoms. The van der Waals surface area contributed by atoms with Gasteiger partial charge in [0, 0.05) is 18.2 Å². The molecule has 152 valence electrons. The first kappa shape index (κ1) is 19.3. The normalized spacial score (nSPS) is 17.5. The number of likely N-dealkylation sites (tertiary alicyclic amines) is 1. The van der Waals surface area contributed by atoms with E-state index >= 15 is 0 Å². The van der Waals surface area contributed by atoms with Crippen molar-refractivity contribution in [2.45, 2.75) is 38.8 Å². The fourth-order valence-electron chi connectivity index (χ4n) is 4.45. The Bertz CT molecular complexity index is 1040. The van der Waals surface area contributed by atoms with E-state index in [0.717, 1.165) is 53.3 Å². The van der Waals surface area contributed by atoms with Crippen LogP contribution in [-0.2, 0) is 4.79 Å². The van der Waals surface area contributed by atoms with Gasteiger partial charge in [0.05, 0.1) is 31.3 Å². The quantitative estimate of drug-likeness (QED) is 0.649. The third-order valence-corrected chi connectivity index (χ3v) is 5.85. The summed E-state index contributed by atoms with van der Waals surface area (Å²) in [5, 5.41) is 0. The second-order valence-electron chi connectivity index (χ2n) is 7.49. The molecule has 4 rings (SSSR count). The minimum atomic E-state index is -0.327. The highest BCUT2D eigenvalue weighted by Gasteiger charge is 2.35. The lowest BCUT2D eigenvalue weighted by Gasteiger charge is -2.30. The first-order chi connectivity index (χ1) is 14.0. The molecule has 6 nitrogen and oxygen atoms in total. The Morgan fingerprint density at radius 2 is 1.97 bits per heavy atom. The van der Waals surface area contributed by atoms with Crippen molar-refractivity contribution in [1.82, 2.24) is 14.5 Å². The maximum Gasteiger partial charge on any atom is 0.245 e. The van der Waals surface area contributed by atoms with E-state index in [4.69, 9.17) is 9.47 Å². The van der Waals surface area contributed by atoms with Crippen LogP contribution in [0.1, 0.15) is 43.2 Å². The molecule has 1 fully saturated rings. The molecule has 1 amide bonds. The highest BCUT2D eigenvalue weighted by Crippen LogP contribution is 2.40. The molecule has 0 radical (unpaired) electrons. The number of carbonyl (C=O) groups is 1. The van der Waals surface area contributed by atoms with E-state index in [1.165, 1.54) is 0 Å². The third-order valence-electron chi connectivity index (χ3n) is 5.85. The number of fused-ring (bicyclic) bond motifs is 1. The Hall–Kier alpha value is -3.02. The molecule has 1 aromatic heterocycles. The molecule has 1 aliphatic heterocycles. The van der Waals surface area contributed by atoms with Crippen LogP contribution in [0.25, 0.3) is 11.0 Å². The van der Waals surface area contributed by atoms with Crippen LogP contribution in [0.15, 0.2) is 42.5 Å². The van der Waals surface area contributed by atoms with E-state index in [2.05, 4.69) is 4.98 Å². The molecule has 2 atom stereocenters. The Kier molecular flexibility index (Phi) is 5.18. The van der Waals surface area contributed by atoms with E-state index in [1.54, 1.807) is 14.2 Å². The molecule has 0 saturated carbocycles. The number of rotatable bonds is 5. The van der Waals surface area contributed by atoms with Crippen molar-refractivity contribution in [1.29, 1.82) is 0 Å². The summed E-state index contributed by atoms with van der Waals surface area (Å²) in [5.41, 5.74) is 2.93. The smallest absolute Gasteiger partial charge is 0.245 e.